The van der Waals surface area contributed by atoms with Crippen LogP contribution in [0.3, 0.4) is 0 Å². The predicted octanol–water partition coefficient (Wildman–Crippen LogP) is 2.95. The third-order valence-corrected chi connectivity index (χ3v) is 4.42. The molecule has 0 radical (unpaired) electrons. The summed E-state index contributed by atoms with van der Waals surface area (Å²) < 4.78 is 10.3. The van der Waals surface area contributed by atoms with Gasteiger partial charge in [-0.15, -0.1) is 0 Å². The van der Waals surface area contributed by atoms with Crippen LogP contribution in [-0.4, -0.2) is 37.5 Å². The number of nitrogens with one attached hydrogen (secondary N) is 1. The van der Waals surface area contributed by atoms with Gasteiger partial charge in [0.2, 0.25) is 0 Å². The van der Waals surface area contributed by atoms with E-state index in [-0.39, 0.29) is 25.5 Å². The number of para-hydroxylation sites is 2. The van der Waals surface area contributed by atoms with Crippen molar-refractivity contribution < 1.29 is 23.9 Å². The molecule has 0 aromatic heterocycles. The monoisotopic (exact) mass is 402 g/mol. The van der Waals surface area contributed by atoms with Crippen molar-refractivity contribution >= 4 is 40.8 Å². The molecule has 0 aliphatic carbocycles. The fraction of sp³-hybridized carbons (Fsp3) is 0.250. The van der Waals surface area contributed by atoms with E-state index in [1.807, 2.05) is 13.0 Å². The Morgan fingerprint density at radius 2 is 2.04 bits per heavy atom. The molecule has 8 heteroatoms. The highest BCUT2D eigenvalue weighted by Gasteiger charge is 2.25. The Kier molecular flexibility index (Phi) is 6.16. The smallest absolute Gasteiger partial charge is 0.308 e. The molecule has 1 aliphatic rings. The van der Waals surface area contributed by atoms with Crippen LogP contribution in [0.5, 0.6) is 5.75 Å². The lowest BCUT2D eigenvalue weighted by molar-refractivity contribution is -0.147. The Labute approximate surface area is 167 Å². The lowest BCUT2D eigenvalue weighted by Crippen LogP contribution is -2.40. The van der Waals surface area contributed by atoms with E-state index < -0.39 is 18.5 Å². The molecule has 1 aliphatic heterocycles. The summed E-state index contributed by atoms with van der Waals surface area (Å²) in [6.45, 7) is 1.52. The van der Waals surface area contributed by atoms with E-state index in [0.717, 1.165) is 5.56 Å². The number of benzene rings is 2. The highest BCUT2D eigenvalue weighted by atomic mass is 35.5. The lowest BCUT2D eigenvalue weighted by Gasteiger charge is -2.28. The molecule has 146 valence electrons. The molecule has 1 N–H and O–H groups in total. The topological polar surface area (TPSA) is 84.9 Å². The van der Waals surface area contributed by atoms with Crippen molar-refractivity contribution in [3.8, 4) is 5.75 Å². The minimum Gasteiger partial charge on any atom is -0.482 e. The van der Waals surface area contributed by atoms with E-state index in [4.69, 9.17) is 21.1 Å². The van der Waals surface area contributed by atoms with Crippen molar-refractivity contribution in [2.24, 2.45) is 0 Å². The van der Waals surface area contributed by atoms with Crippen molar-refractivity contribution in [2.75, 3.05) is 30.0 Å². The number of aryl methyl sites for hydroxylation is 1. The van der Waals surface area contributed by atoms with Crippen LogP contribution in [0.15, 0.2) is 42.5 Å². The van der Waals surface area contributed by atoms with Gasteiger partial charge in [-0.2, -0.15) is 0 Å². The summed E-state index contributed by atoms with van der Waals surface area (Å²) in [6, 6.07) is 12.3. The van der Waals surface area contributed by atoms with E-state index in [1.54, 1.807) is 36.4 Å². The van der Waals surface area contributed by atoms with Crippen molar-refractivity contribution in [3.05, 3.63) is 53.1 Å². The van der Waals surface area contributed by atoms with E-state index in [1.165, 1.54) is 4.90 Å². The summed E-state index contributed by atoms with van der Waals surface area (Å²) in [5, 5.41) is 3.00. The number of fused-ring (bicyclic) bond motifs is 1. The maximum Gasteiger partial charge on any atom is 0.308 e. The molecule has 0 unspecified atom stereocenters. The number of amides is 2. The third-order valence-electron chi connectivity index (χ3n) is 4.11. The number of carbonyl (C=O) groups excluding carboxylic acids is 3. The quantitative estimate of drug-likeness (QED) is 0.751. The molecule has 0 spiro atoms. The number of hydrogen-bond donors (Lipinski definition) is 1. The van der Waals surface area contributed by atoms with Crippen LogP contribution in [0.4, 0.5) is 11.4 Å². The number of esters is 1. The summed E-state index contributed by atoms with van der Waals surface area (Å²) in [6.07, 6.45) is -0.0430. The van der Waals surface area contributed by atoms with Crippen LogP contribution in [0.2, 0.25) is 5.02 Å². The summed E-state index contributed by atoms with van der Waals surface area (Å²) in [5.74, 6) is -0.725. The highest BCUT2D eigenvalue weighted by molar-refractivity contribution is 6.33. The summed E-state index contributed by atoms with van der Waals surface area (Å²) in [5.41, 5.74) is 2.02. The van der Waals surface area contributed by atoms with Crippen LogP contribution < -0.4 is 15.0 Å². The second kappa shape index (κ2) is 8.75. The summed E-state index contributed by atoms with van der Waals surface area (Å²) in [7, 11) is 0. The van der Waals surface area contributed by atoms with Gasteiger partial charge < -0.3 is 19.7 Å². The van der Waals surface area contributed by atoms with Gasteiger partial charge in [-0.1, -0.05) is 29.8 Å². The van der Waals surface area contributed by atoms with Crippen molar-refractivity contribution in [3.63, 3.8) is 0 Å². The maximum atomic E-state index is 12.1. The zero-order valence-electron chi connectivity index (χ0n) is 15.2. The van der Waals surface area contributed by atoms with Crippen LogP contribution in [0.1, 0.15) is 12.0 Å². The second-order valence-corrected chi connectivity index (χ2v) is 6.65. The molecule has 0 atom stereocenters. The largest absolute Gasteiger partial charge is 0.482 e. The zero-order chi connectivity index (χ0) is 20.1. The number of carbonyl (C=O) groups is 3. The Hall–Kier alpha value is -3.06. The van der Waals surface area contributed by atoms with E-state index >= 15 is 0 Å². The van der Waals surface area contributed by atoms with Gasteiger partial charge in [0.25, 0.3) is 11.8 Å². The molecule has 2 aromatic rings. The molecule has 0 bridgehead atoms. The lowest BCUT2D eigenvalue weighted by atomic mass is 10.2. The molecule has 2 amide bonds. The van der Waals surface area contributed by atoms with Gasteiger partial charge >= 0.3 is 5.97 Å². The summed E-state index contributed by atoms with van der Waals surface area (Å²) in [4.78, 5) is 37.5. The molecule has 28 heavy (non-hydrogen) atoms. The van der Waals surface area contributed by atoms with Gasteiger partial charge in [-0.05, 0) is 36.8 Å². The van der Waals surface area contributed by atoms with Gasteiger partial charge in [-0.3, -0.25) is 14.4 Å². The van der Waals surface area contributed by atoms with E-state index in [9.17, 15) is 14.4 Å². The SMILES string of the molecule is Cc1ccc(NC(=O)COC(=O)CCN2C(=O)COc3ccccc32)c(Cl)c1. The Morgan fingerprint density at radius 1 is 1.25 bits per heavy atom. The number of rotatable bonds is 6. The first kappa shape index (κ1) is 19.7. The predicted molar refractivity (Wildman–Crippen MR) is 105 cm³/mol. The molecule has 0 fully saturated rings. The average Bonchev–Trinajstić information content (AvgIpc) is 2.68. The number of nitrogens with zero attached hydrogens (tertiary/aromatic N) is 1. The normalized spacial score (nSPS) is 12.8. The highest BCUT2D eigenvalue weighted by Crippen LogP contribution is 2.31. The molecular weight excluding hydrogens is 384 g/mol. The van der Waals surface area contributed by atoms with E-state index in [2.05, 4.69) is 5.32 Å². The minimum absolute atomic E-state index is 0.0430. The van der Waals surface area contributed by atoms with Crippen LogP contribution in [-0.2, 0) is 19.1 Å². The van der Waals surface area contributed by atoms with Crippen LogP contribution in [0, 0.1) is 6.92 Å². The fourth-order valence-electron chi connectivity index (χ4n) is 2.73. The molecule has 1 heterocycles. The minimum atomic E-state index is -0.582. The van der Waals surface area contributed by atoms with Gasteiger partial charge in [0.05, 0.1) is 22.8 Å². The first-order valence-electron chi connectivity index (χ1n) is 8.68. The second-order valence-electron chi connectivity index (χ2n) is 6.24. The number of halogens is 1. The number of hydrogen-bond acceptors (Lipinski definition) is 5. The van der Waals surface area contributed by atoms with E-state index in [0.29, 0.717) is 22.1 Å². The molecule has 0 saturated heterocycles. The Balaban J connectivity index is 1.48. The van der Waals surface area contributed by atoms with Crippen molar-refractivity contribution in [1.82, 2.24) is 0 Å². The first-order valence-corrected chi connectivity index (χ1v) is 9.05. The first-order chi connectivity index (χ1) is 13.4. The standard InChI is InChI=1S/C20H19ClN2O5/c1-13-6-7-15(14(21)10-13)22-18(24)11-28-20(26)8-9-23-16-4-2-3-5-17(16)27-12-19(23)25/h2-7,10H,8-9,11-12H2,1H3,(H,22,24). The molecule has 3 rings (SSSR count). The fourth-order valence-corrected chi connectivity index (χ4v) is 3.01. The molecule has 7 nitrogen and oxygen atoms in total. The van der Waals surface area contributed by atoms with Gasteiger partial charge in [0.1, 0.15) is 5.75 Å². The van der Waals surface area contributed by atoms with Crippen LogP contribution >= 0.6 is 11.6 Å². The van der Waals surface area contributed by atoms with Crippen molar-refractivity contribution in [1.29, 1.82) is 0 Å². The van der Waals surface area contributed by atoms with Gasteiger partial charge in [0.15, 0.2) is 13.2 Å². The zero-order valence-corrected chi connectivity index (χ0v) is 16.0. The average molecular weight is 403 g/mol. The van der Waals surface area contributed by atoms with Crippen LogP contribution in [0.25, 0.3) is 0 Å². The molecule has 0 saturated carbocycles. The van der Waals surface area contributed by atoms with Crippen molar-refractivity contribution in [2.45, 2.75) is 13.3 Å². The third kappa shape index (κ3) is 4.80. The van der Waals surface area contributed by atoms with Gasteiger partial charge in [0, 0.05) is 6.54 Å². The molecular formula is C20H19ClN2O5. The number of anilines is 2. The molecule has 2 aromatic carbocycles. The number of ether oxygens (including phenoxy) is 2. The maximum absolute atomic E-state index is 12.1. The summed E-state index contributed by atoms with van der Waals surface area (Å²) >= 11 is 6.06. The Bertz CT molecular complexity index is 915. The van der Waals surface area contributed by atoms with Gasteiger partial charge in [-0.25, -0.2) is 0 Å². The Morgan fingerprint density at radius 3 is 2.82 bits per heavy atom.